The SMILES string of the molecule is CC1OCCC1CNc1cnccc1C(N)=S. The first-order chi connectivity index (χ1) is 8.18. The Labute approximate surface area is 107 Å². The van der Waals surface area contributed by atoms with E-state index in [1.807, 2.05) is 6.07 Å². The van der Waals surface area contributed by atoms with Crippen LogP contribution in [0, 0.1) is 5.92 Å². The van der Waals surface area contributed by atoms with Gasteiger partial charge < -0.3 is 15.8 Å². The molecule has 92 valence electrons. The van der Waals surface area contributed by atoms with E-state index in [2.05, 4.69) is 17.2 Å². The number of nitrogens with two attached hydrogens (primary N) is 1. The van der Waals surface area contributed by atoms with Crippen LogP contribution in [-0.2, 0) is 4.74 Å². The molecule has 2 atom stereocenters. The molecule has 1 saturated heterocycles. The van der Waals surface area contributed by atoms with Gasteiger partial charge in [0.2, 0.25) is 0 Å². The minimum absolute atomic E-state index is 0.312. The summed E-state index contributed by atoms with van der Waals surface area (Å²) in [4.78, 5) is 4.48. The van der Waals surface area contributed by atoms with Crippen LogP contribution in [0.25, 0.3) is 0 Å². The van der Waals surface area contributed by atoms with Gasteiger partial charge in [-0.15, -0.1) is 0 Å². The molecule has 1 aliphatic heterocycles. The second-order valence-electron chi connectivity index (χ2n) is 4.29. The molecule has 3 N–H and O–H groups in total. The summed E-state index contributed by atoms with van der Waals surface area (Å²) in [5.74, 6) is 0.536. The molecule has 2 rings (SSSR count). The van der Waals surface area contributed by atoms with Crippen LogP contribution in [0.1, 0.15) is 18.9 Å². The molecule has 2 unspecified atom stereocenters. The molecule has 0 bridgehead atoms. The molecule has 1 aromatic rings. The van der Waals surface area contributed by atoms with Gasteiger partial charge in [-0.05, 0) is 19.4 Å². The highest BCUT2D eigenvalue weighted by atomic mass is 32.1. The van der Waals surface area contributed by atoms with E-state index in [1.165, 1.54) is 0 Å². The smallest absolute Gasteiger partial charge is 0.106 e. The predicted octanol–water partition coefficient (Wildman–Crippen LogP) is 1.55. The van der Waals surface area contributed by atoms with Crippen LogP contribution in [0.4, 0.5) is 5.69 Å². The number of ether oxygens (including phenoxy) is 1. The summed E-state index contributed by atoms with van der Waals surface area (Å²) >= 11 is 5.01. The quantitative estimate of drug-likeness (QED) is 0.795. The third kappa shape index (κ3) is 2.92. The van der Waals surface area contributed by atoms with Gasteiger partial charge in [0.05, 0.1) is 18.0 Å². The fourth-order valence-corrected chi connectivity index (χ4v) is 2.21. The van der Waals surface area contributed by atoms with Crippen molar-refractivity contribution in [1.29, 1.82) is 0 Å². The highest BCUT2D eigenvalue weighted by molar-refractivity contribution is 7.80. The van der Waals surface area contributed by atoms with Crippen molar-refractivity contribution in [2.75, 3.05) is 18.5 Å². The summed E-state index contributed by atoms with van der Waals surface area (Å²) in [6.45, 7) is 3.82. The summed E-state index contributed by atoms with van der Waals surface area (Å²) in [5.41, 5.74) is 7.42. The first-order valence-corrected chi connectivity index (χ1v) is 6.18. The molecule has 0 amide bonds. The molecule has 1 aromatic heterocycles. The standard InChI is InChI=1S/C12H17N3OS/c1-8-9(3-5-16-8)6-15-11-7-14-4-2-10(11)12(13)17/h2,4,7-9,15H,3,5-6H2,1H3,(H2,13,17). The molecule has 0 saturated carbocycles. The minimum Gasteiger partial charge on any atom is -0.389 e. The Morgan fingerprint density at radius 1 is 1.71 bits per heavy atom. The molecule has 4 nitrogen and oxygen atoms in total. The van der Waals surface area contributed by atoms with Crippen molar-refractivity contribution in [3.05, 3.63) is 24.0 Å². The maximum absolute atomic E-state index is 5.66. The summed E-state index contributed by atoms with van der Waals surface area (Å²) in [5, 5.41) is 3.36. The average Bonchev–Trinajstić information content (AvgIpc) is 2.72. The Hall–Kier alpha value is -1.20. The first-order valence-electron chi connectivity index (χ1n) is 5.77. The van der Waals surface area contributed by atoms with Gasteiger partial charge in [-0.2, -0.15) is 0 Å². The Balaban J connectivity index is 2.01. The van der Waals surface area contributed by atoms with Crippen LogP contribution in [-0.4, -0.2) is 29.2 Å². The molecule has 5 heteroatoms. The van der Waals surface area contributed by atoms with Crippen LogP contribution in [0.5, 0.6) is 0 Å². The van der Waals surface area contributed by atoms with E-state index in [9.17, 15) is 0 Å². The van der Waals surface area contributed by atoms with Gasteiger partial charge in [0.25, 0.3) is 0 Å². The van der Waals surface area contributed by atoms with Gasteiger partial charge >= 0.3 is 0 Å². The molecular weight excluding hydrogens is 234 g/mol. The van der Waals surface area contributed by atoms with E-state index in [0.717, 1.165) is 30.8 Å². The fraction of sp³-hybridized carbons (Fsp3) is 0.500. The summed E-state index contributed by atoms with van der Waals surface area (Å²) < 4.78 is 5.53. The zero-order valence-electron chi connectivity index (χ0n) is 9.85. The van der Waals surface area contributed by atoms with Gasteiger partial charge in [0.15, 0.2) is 0 Å². The van der Waals surface area contributed by atoms with E-state index in [1.54, 1.807) is 12.4 Å². The number of thiocarbonyl (C=S) groups is 1. The number of hydrogen-bond acceptors (Lipinski definition) is 4. The summed E-state index contributed by atoms with van der Waals surface area (Å²) in [6, 6.07) is 1.83. The van der Waals surface area contributed by atoms with E-state index >= 15 is 0 Å². The van der Waals surface area contributed by atoms with E-state index < -0.39 is 0 Å². The lowest BCUT2D eigenvalue weighted by atomic mass is 10.0. The molecule has 1 fully saturated rings. The largest absolute Gasteiger partial charge is 0.389 e. The van der Waals surface area contributed by atoms with Crippen molar-refractivity contribution in [3.8, 4) is 0 Å². The summed E-state index contributed by atoms with van der Waals surface area (Å²) in [7, 11) is 0. The number of rotatable bonds is 4. The lowest BCUT2D eigenvalue weighted by Crippen LogP contribution is -2.22. The zero-order chi connectivity index (χ0) is 12.3. The third-order valence-corrected chi connectivity index (χ3v) is 3.39. The topological polar surface area (TPSA) is 60.2 Å². The Morgan fingerprint density at radius 3 is 3.18 bits per heavy atom. The van der Waals surface area contributed by atoms with Crippen molar-refractivity contribution in [2.45, 2.75) is 19.4 Å². The van der Waals surface area contributed by atoms with E-state index in [-0.39, 0.29) is 0 Å². The molecule has 0 aromatic carbocycles. The van der Waals surface area contributed by atoms with Gasteiger partial charge in [-0.1, -0.05) is 12.2 Å². The van der Waals surface area contributed by atoms with Gasteiger partial charge in [-0.25, -0.2) is 0 Å². The first kappa shape index (κ1) is 12.3. The van der Waals surface area contributed by atoms with Gasteiger partial charge in [0.1, 0.15) is 4.99 Å². The van der Waals surface area contributed by atoms with Crippen LogP contribution in [0.3, 0.4) is 0 Å². The zero-order valence-corrected chi connectivity index (χ0v) is 10.7. The number of anilines is 1. The second-order valence-corrected chi connectivity index (χ2v) is 4.73. The number of aromatic nitrogens is 1. The number of hydrogen-bond donors (Lipinski definition) is 2. The third-order valence-electron chi connectivity index (χ3n) is 3.17. The molecule has 1 aliphatic rings. The molecule has 0 radical (unpaired) electrons. The molecular formula is C12H17N3OS. The van der Waals surface area contributed by atoms with Gasteiger partial charge in [0, 0.05) is 30.8 Å². The lowest BCUT2D eigenvalue weighted by Gasteiger charge is -2.16. The number of pyridine rings is 1. The van der Waals surface area contributed by atoms with Crippen LogP contribution >= 0.6 is 12.2 Å². The maximum atomic E-state index is 5.66. The fourth-order valence-electron chi connectivity index (χ4n) is 2.04. The van der Waals surface area contributed by atoms with Crippen molar-refractivity contribution in [2.24, 2.45) is 11.7 Å². The number of nitrogens with zero attached hydrogens (tertiary/aromatic N) is 1. The normalized spacial score (nSPS) is 23.6. The highest BCUT2D eigenvalue weighted by Crippen LogP contribution is 2.22. The van der Waals surface area contributed by atoms with Crippen molar-refractivity contribution < 1.29 is 4.74 Å². The highest BCUT2D eigenvalue weighted by Gasteiger charge is 2.23. The molecule has 0 spiro atoms. The van der Waals surface area contributed by atoms with Crippen LogP contribution in [0.15, 0.2) is 18.5 Å². The average molecular weight is 251 g/mol. The van der Waals surface area contributed by atoms with E-state index in [0.29, 0.717) is 17.0 Å². The maximum Gasteiger partial charge on any atom is 0.106 e. The van der Waals surface area contributed by atoms with Crippen molar-refractivity contribution >= 4 is 22.9 Å². The lowest BCUT2D eigenvalue weighted by molar-refractivity contribution is 0.108. The second kappa shape index (κ2) is 5.42. The molecule has 17 heavy (non-hydrogen) atoms. The molecule has 2 heterocycles. The number of nitrogens with one attached hydrogen (secondary N) is 1. The molecule has 0 aliphatic carbocycles. The van der Waals surface area contributed by atoms with Crippen molar-refractivity contribution in [3.63, 3.8) is 0 Å². The minimum atomic E-state index is 0.312. The van der Waals surface area contributed by atoms with Crippen LogP contribution < -0.4 is 11.1 Å². The Morgan fingerprint density at radius 2 is 2.53 bits per heavy atom. The Kier molecular flexibility index (Phi) is 3.91. The van der Waals surface area contributed by atoms with E-state index in [4.69, 9.17) is 22.7 Å². The van der Waals surface area contributed by atoms with Crippen LogP contribution in [0.2, 0.25) is 0 Å². The monoisotopic (exact) mass is 251 g/mol. The summed E-state index contributed by atoms with van der Waals surface area (Å²) in [6.07, 6.45) is 4.86. The van der Waals surface area contributed by atoms with Crippen molar-refractivity contribution in [1.82, 2.24) is 4.98 Å². The Bertz CT molecular complexity index is 410. The van der Waals surface area contributed by atoms with Gasteiger partial charge in [-0.3, -0.25) is 4.98 Å². The predicted molar refractivity (Wildman–Crippen MR) is 72.1 cm³/mol.